The summed E-state index contributed by atoms with van der Waals surface area (Å²) in [6.07, 6.45) is 0. The van der Waals surface area contributed by atoms with E-state index in [9.17, 15) is 9.59 Å². The van der Waals surface area contributed by atoms with Crippen LogP contribution in [0.25, 0.3) is 0 Å². The van der Waals surface area contributed by atoms with Gasteiger partial charge in [-0.05, 0) is 31.2 Å². The molecule has 5 nitrogen and oxygen atoms in total. The van der Waals surface area contributed by atoms with Crippen molar-refractivity contribution in [2.45, 2.75) is 6.92 Å². The summed E-state index contributed by atoms with van der Waals surface area (Å²) in [7, 11) is 0. The second-order valence-electron chi connectivity index (χ2n) is 4.62. The Morgan fingerprint density at radius 1 is 1.10 bits per heavy atom. The van der Waals surface area contributed by atoms with Crippen molar-refractivity contribution in [1.29, 1.82) is 0 Å². The van der Waals surface area contributed by atoms with Crippen molar-refractivity contribution in [3.63, 3.8) is 0 Å². The molecule has 1 aliphatic heterocycles. The van der Waals surface area contributed by atoms with Crippen LogP contribution in [0.1, 0.15) is 17.3 Å². The number of halogens is 1. The summed E-state index contributed by atoms with van der Waals surface area (Å²) >= 11 is 5.81. The highest BCUT2D eigenvalue weighted by molar-refractivity contribution is 6.30. The lowest BCUT2D eigenvalue weighted by Crippen LogP contribution is -2.53. The van der Waals surface area contributed by atoms with Gasteiger partial charge >= 0.3 is 6.03 Å². The van der Waals surface area contributed by atoms with E-state index in [0.29, 0.717) is 43.3 Å². The van der Waals surface area contributed by atoms with Crippen LogP contribution in [-0.4, -0.2) is 54.5 Å². The van der Waals surface area contributed by atoms with Crippen LogP contribution in [0.15, 0.2) is 24.3 Å². The summed E-state index contributed by atoms with van der Waals surface area (Å²) in [5.74, 6) is -0.0165. The van der Waals surface area contributed by atoms with Gasteiger partial charge in [-0.3, -0.25) is 4.79 Å². The number of amides is 3. The van der Waals surface area contributed by atoms with E-state index >= 15 is 0 Å². The number of rotatable bonds is 2. The quantitative estimate of drug-likeness (QED) is 0.905. The molecule has 1 aromatic carbocycles. The Hall–Kier alpha value is -1.75. The molecule has 0 unspecified atom stereocenters. The molecule has 6 heteroatoms. The molecule has 0 aliphatic carbocycles. The summed E-state index contributed by atoms with van der Waals surface area (Å²) in [5.41, 5.74) is 0.626. The predicted molar refractivity (Wildman–Crippen MR) is 78.0 cm³/mol. The predicted octanol–water partition coefficient (Wildman–Crippen LogP) is 1.83. The van der Waals surface area contributed by atoms with E-state index < -0.39 is 0 Å². The summed E-state index contributed by atoms with van der Waals surface area (Å²) in [6, 6.07) is 6.80. The Labute approximate surface area is 123 Å². The molecule has 1 aliphatic rings. The van der Waals surface area contributed by atoms with E-state index in [-0.39, 0.29) is 11.9 Å². The van der Waals surface area contributed by atoms with Gasteiger partial charge in [0.1, 0.15) is 0 Å². The number of piperazine rings is 1. The Morgan fingerprint density at radius 2 is 1.65 bits per heavy atom. The van der Waals surface area contributed by atoms with Gasteiger partial charge in [0, 0.05) is 43.3 Å². The van der Waals surface area contributed by atoms with Gasteiger partial charge in [-0.1, -0.05) is 11.6 Å². The van der Waals surface area contributed by atoms with Crippen molar-refractivity contribution in [2.24, 2.45) is 0 Å². The minimum absolute atomic E-state index is 0.0165. The fraction of sp³-hybridized carbons (Fsp3) is 0.429. The van der Waals surface area contributed by atoms with Crippen molar-refractivity contribution >= 4 is 23.5 Å². The second kappa shape index (κ2) is 6.61. The molecule has 3 amide bonds. The van der Waals surface area contributed by atoms with E-state index in [4.69, 9.17) is 11.6 Å². The highest BCUT2D eigenvalue weighted by atomic mass is 35.5. The van der Waals surface area contributed by atoms with Crippen molar-refractivity contribution in [3.8, 4) is 0 Å². The number of carbonyl (C=O) groups is 2. The first-order chi connectivity index (χ1) is 9.61. The minimum atomic E-state index is -0.0638. The van der Waals surface area contributed by atoms with Crippen LogP contribution in [0.2, 0.25) is 5.02 Å². The lowest BCUT2D eigenvalue weighted by molar-refractivity contribution is 0.0665. The van der Waals surface area contributed by atoms with Crippen LogP contribution in [0, 0.1) is 0 Å². The van der Waals surface area contributed by atoms with E-state index in [2.05, 4.69) is 5.32 Å². The number of hydrogen-bond donors (Lipinski definition) is 1. The van der Waals surface area contributed by atoms with Crippen molar-refractivity contribution in [3.05, 3.63) is 34.9 Å². The van der Waals surface area contributed by atoms with Crippen LogP contribution in [0.4, 0.5) is 4.79 Å². The van der Waals surface area contributed by atoms with E-state index in [1.165, 1.54) is 0 Å². The number of nitrogens with zero attached hydrogens (tertiary/aromatic N) is 2. The van der Waals surface area contributed by atoms with Crippen LogP contribution in [0.3, 0.4) is 0 Å². The molecule has 0 aromatic heterocycles. The fourth-order valence-electron chi connectivity index (χ4n) is 2.15. The third-order valence-corrected chi connectivity index (χ3v) is 3.53. The fourth-order valence-corrected chi connectivity index (χ4v) is 2.28. The molecule has 0 radical (unpaired) electrons. The zero-order chi connectivity index (χ0) is 14.5. The maximum Gasteiger partial charge on any atom is 0.317 e. The summed E-state index contributed by atoms with van der Waals surface area (Å²) in [6.45, 7) is 4.73. The molecule has 0 saturated carbocycles. The van der Waals surface area contributed by atoms with E-state index in [0.717, 1.165) is 0 Å². The maximum atomic E-state index is 12.3. The second-order valence-corrected chi connectivity index (χ2v) is 5.06. The Kier molecular flexibility index (Phi) is 4.84. The first-order valence-corrected chi connectivity index (χ1v) is 7.07. The number of carbonyl (C=O) groups excluding carboxylic acids is 2. The molecular formula is C14H18ClN3O2. The van der Waals surface area contributed by atoms with Crippen LogP contribution >= 0.6 is 11.6 Å². The number of hydrogen-bond acceptors (Lipinski definition) is 2. The van der Waals surface area contributed by atoms with Gasteiger partial charge in [0.15, 0.2) is 0 Å². The van der Waals surface area contributed by atoms with E-state index in [1.807, 2.05) is 6.92 Å². The molecule has 0 spiro atoms. The van der Waals surface area contributed by atoms with Crippen molar-refractivity contribution < 1.29 is 9.59 Å². The zero-order valence-electron chi connectivity index (χ0n) is 11.4. The lowest BCUT2D eigenvalue weighted by Gasteiger charge is -2.34. The lowest BCUT2D eigenvalue weighted by atomic mass is 10.2. The molecule has 0 bridgehead atoms. The highest BCUT2D eigenvalue weighted by Gasteiger charge is 2.24. The van der Waals surface area contributed by atoms with Gasteiger partial charge < -0.3 is 15.1 Å². The molecule has 1 fully saturated rings. The molecule has 0 atom stereocenters. The number of benzene rings is 1. The van der Waals surface area contributed by atoms with Gasteiger partial charge in [-0.15, -0.1) is 0 Å². The summed E-state index contributed by atoms with van der Waals surface area (Å²) in [4.78, 5) is 27.4. The topological polar surface area (TPSA) is 52.7 Å². The summed E-state index contributed by atoms with van der Waals surface area (Å²) in [5, 5.41) is 3.38. The monoisotopic (exact) mass is 295 g/mol. The van der Waals surface area contributed by atoms with Gasteiger partial charge in [0.2, 0.25) is 0 Å². The first kappa shape index (κ1) is 14.7. The minimum Gasteiger partial charge on any atom is -0.338 e. The first-order valence-electron chi connectivity index (χ1n) is 6.69. The molecule has 20 heavy (non-hydrogen) atoms. The SMILES string of the molecule is CCNC(=O)N1CCN(C(=O)c2ccc(Cl)cc2)CC1. The summed E-state index contributed by atoms with van der Waals surface area (Å²) < 4.78 is 0. The standard InChI is InChI=1S/C14H18ClN3O2/c1-2-16-14(20)18-9-7-17(8-10-18)13(19)11-3-5-12(15)6-4-11/h3-6H,2,7-10H2,1H3,(H,16,20). The smallest absolute Gasteiger partial charge is 0.317 e. The van der Waals surface area contributed by atoms with Crippen LogP contribution in [0.5, 0.6) is 0 Å². The molecule has 1 heterocycles. The Balaban J connectivity index is 1.92. The average Bonchev–Trinajstić information content (AvgIpc) is 2.48. The highest BCUT2D eigenvalue weighted by Crippen LogP contribution is 2.13. The molecule has 108 valence electrons. The molecule has 2 rings (SSSR count). The normalized spacial score (nSPS) is 15.1. The molecule has 1 N–H and O–H groups in total. The number of nitrogens with one attached hydrogen (secondary N) is 1. The Bertz CT molecular complexity index is 482. The average molecular weight is 296 g/mol. The van der Waals surface area contributed by atoms with Crippen LogP contribution < -0.4 is 5.32 Å². The van der Waals surface area contributed by atoms with Gasteiger partial charge in [0.25, 0.3) is 5.91 Å². The van der Waals surface area contributed by atoms with E-state index in [1.54, 1.807) is 34.1 Å². The van der Waals surface area contributed by atoms with Crippen molar-refractivity contribution in [2.75, 3.05) is 32.7 Å². The third kappa shape index (κ3) is 3.42. The van der Waals surface area contributed by atoms with Crippen molar-refractivity contribution in [1.82, 2.24) is 15.1 Å². The molecule has 1 aromatic rings. The largest absolute Gasteiger partial charge is 0.338 e. The number of urea groups is 1. The maximum absolute atomic E-state index is 12.3. The Morgan fingerprint density at radius 3 is 2.20 bits per heavy atom. The molecular weight excluding hydrogens is 278 g/mol. The zero-order valence-corrected chi connectivity index (χ0v) is 12.2. The third-order valence-electron chi connectivity index (χ3n) is 3.27. The van der Waals surface area contributed by atoms with Gasteiger partial charge in [0.05, 0.1) is 0 Å². The van der Waals surface area contributed by atoms with Crippen LogP contribution in [-0.2, 0) is 0 Å². The van der Waals surface area contributed by atoms with Gasteiger partial charge in [-0.2, -0.15) is 0 Å². The molecule has 1 saturated heterocycles. The van der Waals surface area contributed by atoms with Gasteiger partial charge in [-0.25, -0.2) is 4.79 Å².